The van der Waals surface area contributed by atoms with Gasteiger partial charge in [-0.1, -0.05) is 12.1 Å². The Morgan fingerprint density at radius 3 is 2.63 bits per heavy atom. The van der Waals surface area contributed by atoms with Gasteiger partial charge >= 0.3 is 6.18 Å². The number of carbonyl (C=O) groups excluding carboxylic acids is 1. The predicted octanol–water partition coefficient (Wildman–Crippen LogP) is 2.68. The first kappa shape index (κ1) is 13.3. The van der Waals surface area contributed by atoms with E-state index in [1.54, 1.807) is 0 Å². The Bertz CT molecular complexity index is 653. The van der Waals surface area contributed by atoms with Gasteiger partial charge in [0, 0.05) is 11.1 Å². The number of amides is 1. The first-order chi connectivity index (χ1) is 8.84. The van der Waals surface area contributed by atoms with E-state index < -0.39 is 17.6 Å². The number of para-hydroxylation sites is 1. The fourth-order valence-electron chi connectivity index (χ4n) is 1.85. The molecule has 1 amide bonds. The second kappa shape index (κ2) is 4.51. The summed E-state index contributed by atoms with van der Waals surface area (Å²) in [5.74, 6) is -0.880. The standard InChI is InChI=1S/C12H9F3N2O2/c1-6-5-8(11(18)17-19)7-3-2-4-9(10(7)16-6)12(13,14)15/h2-5,19H,1H3,(H,17,18). The van der Waals surface area contributed by atoms with Gasteiger partial charge in [0.25, 0.3) is 5.91 Å². The number of nitrogens with one attached hydrogen (secondary N) is 1. The van der Waals surface area contributed by atoms with Gasteiger partial charge in [0.15, 0.2) is 0 Å². The Balaban J connectivity index is 2.85. The average molecular weight is 270 g/mol. The Hall–Kier alpha value is -2.15. The quantitative estimate of drug-likeness (QED) is 0.618. The minimum absolute atomic E-state index is 0.0342. The third kappa shape index (κ3) is 2.37. The molecule has 0 saturated heterocycles. The van der Waals surface area contributed by atoms with E-state index in [4.69, 9.17) is 5.21 Å². The van der Waals surface area contributed by atoms with E-state index in [-0.39, 0.29) is 22.2 Å². The van der Waals surface area contributed by atoms with Crippen molar-refractivity contribution in [2.45, 2.75) is 13.1 Å². The van der Waals surface area contributed by atoms with Crippen LogP contribution in [0.4, 0.5) is 13.2 Å². The lowest BCUT2D eigenvalue weighted by atomic mass is 10.0. The summed E-state index contributed by atoms with van der Waals surface area (Å²) in [5.41, 5.74) is 0.377. The van der Waals surface area contributed by atoms with Crippen LogP contribution in [-0.4, -0.2) is 16.1 Å². The molecule has 1 aromatic heterocycles. The van der Waals surface area contributed by atoms with Crippen molar-refractivity contribution in [3.05, 3.63) is 41.1 Å². The molecule has 1 aromatic carbocycles. The van der Waals surface area contributed by atoms with E-state index in [1.807, 2.05) is 0 Å². The highest BCUT2D eigenvalue weighted by atomic mass is 19.4. The van der Waals surface area contributed by atoms with E-state index in [1.165, 1.54) is 30.6 Å². The van der Waals surface area contributed by atoms with Crippen molar-refractivity contribution in [3.63, 3.8) is 0 Å². The maximum atomic E-state index is 12.9. The lowest BCUT2D eigenvalue weighted by Crippen LogP contribution is -2.19. The van der Waals surface area contributed by atoms with Gasteiger partial charge in [0.1, 0.15) is 0 Å². The van der Waals surface area contributed by atoms with Crippen LogP contribution in [0.2, 0.25) is 0 Å². The number of hydrogen-bond donors (Lipinski definition) is 2. The second-order valence-electron chi connectivity index (χ2n) is 3.95. The summed E-state index contributed by atoms with van der Waals surface area (Å²) in [6.45, 7) is 1.47. The van der Waals surface area contributed by atoms with Crippen LogP contribution in [0.3, 0.4) is 0 Å². The molecule has 7 heteroatoms. The SMILES string of the molecule is Cc1cc(C(=O)NO)c2cccc(C(F)(F)F)c2n1. The van der Waals surface area contributed by atoms with E-state index in [0.29, 0.717) is 0 Å². The molecule has 2 N–H and O–H groups in total. The molecule has 0 unspecified atom stereocenters. The van der Waals surface area contributed by atoms with Gasteiger partial charge in [-0.15, -0.1) is 0 Å². The van der Waals surface area contributed by atoms with Crippen LogP contribution in [0.1, 0.15) is 21.6 Å². The number of carbonyl (C=O) groups is 1. The summed E-state index contributed by atoms with van der Waals surface area (Å²) in [7, 11) is 0. The van der Waals surface area contributed by atoms with Crippen molar-refractivity contribution < 1.29 is 23.2 Å². The number of aromatic nitrogens is 1. The van der Waals surface area contributed by atoms with E-state index in [0.717, 1.165) is 6.07 Å². The zero-order valence-electron chi connectivity index (χ0n) is 9.75. The molecule has 0 aliphatic carbocycles. The maximum Gasteiger partial charge on any atom is 0.418 e. The second-order valence-corrected chi connectivity index (χ2v) is 3.95. The first-order valence-electron chi connectivity index (χ1n) is 5.26. The van der Waals surface area contributed by atoms with Gasteiger partial charge in [-0.3, -0.25) is 15.0 Å². The molecule has 0 aliphatic heterocycles. The molecule has 2 rings (SSSR count). The highest BCUT2D eigenvalue weighted by Gasteiger charge is 2.33. The van der Waals surface area contributed by atoms with Gasteiger partial charge in [0.2, 0.25) is 0 Å². The number of aryl methyl sites for hydroxylation is 1. The summed E-state index contributed by atoms with van der Waals surface area (Å²) >= 11 is 0. The van der Waals surface area contributed by atoms with Crippen LogP contribution in [0.25, 0.3) is 10.9 Å². The topological polar surface area (TPSA) is 62.2 Å². The fraction of sp³-hybridized carbons (Fsp3) is 0.167. The van der Waals surface area contributed by atoms with Crippen LogP contribution < -0.4 is 5.48 Å². The molecular weight excluding hydrogens is 261 g/mol. The largest absolute Gasteiger partial charge is 0.418 e. The first-order valence-corrected chi connectivity index (χ1v) is 5.26. The number of halogens is 3. The number of pyridine rings is 1. The lowest BCUT2D eigenvalue weighted by molar-refractivity contribution is -0.136. The van der Waals surface area contributed by atoms with Crippen molar-refractivity contribution in [1.29, 1.82) is 0 Å². The van der Waals surface area contributed by atoms with Gasteiger partial charge in [-0.05, 0) is 19.1 Å². The Labute approximate surface area is 105 Å². The number of hydrogen-bond acceptors (Lipinski definition) is 3. The number of hydroxylamine groups is 1. The molecule has 0 atom stereocenters. The summed E-state index contributed by atoms with van der Waals surface area (Å²) in [5, 5.41) is 8.66. The molecule has 0 aliphatic rings. The van der Waals surface area contributed by atoms with E-state index >= 15 is 0 Å². The zero-order chi connectivity index (χ0) is 14.2. The van der Waals surface area contributed by atoms with Crippen LogP contribution >= 0.6 is 0 Å². The molecule has 19 heavy (non-hydrogen) atoms. The third-order valence-corrected chi connectivity index (χ3v) is 2.62. The van der Waals surface area contributed by atoms with Gasteiger partial charge in [-0.2, -0.15) is 13.2 Å². The zero-order valence-corrected chi connectivity index (χ0v) is 9.75. The highest BCUT2D eigenvalue weighted by molar-refractivity contribution is 6.06. The van der Waals surface area contributed by atoms with E-state index in [2.05, 4.69) is 4.98 Å². The monoisotopic (exact) mass is 270 g/mol. The van der Waals surface area contributed by atoms with Gasteiger partial charge < -0.3 is 0 Å². The van der Waals surface area contributed by atoms with Crippen molar-refractivity contribution in [2.75, 3.05) is 0 Å². The molecule has 1 heterocycles. The third-order valence-electron chi connectivity index (χ3n) is 2.62. The van der Waals surface area contributed by atoms with Crippen molar-refractivity contribution in [1.82, 2.24) is 10.5 Å². The molecule has 4 nitrogen and oxygen atoms in total. The number of alkyl halides is 3. The van der Waals surface area contributed by atoms with Crippen LogP contribution in [0.15, 0.2) is 24.3 Å². The molecule has 100 valence electrons. The fourth-order valence-corrected chi connectivity index (χ4v) is 1.85. The molecule has 0 radical (unpaired) electrons. The van der Waals surface area contributed by atoms with Crippen LogP contribution in [0.5, 0.6) is 0 Å². The van der Waals surface area contributed by atoms with Crippen molar-refractivity contribution in [2.24, 2.45) is 0 Å². The predicted molar refractivity (Wildman–Crippen MR) is 60.7 cm³/mol. The summed E-state index contributed by atoms with van der Waals surface area (Å²) in [6, 6.07) is 4.75. The molecule has 0 fully saturated rings. The smallest absolute Gasteiger partial charge is 0.288 e. The summed E-state index contributed by atoms with van der Waals surface area (Å²) in [6.07, 6.45) is -4.56. The lowest BCUT2D eigenvalue weighted by Gasteiger charge is -2.12. The molecule has 0 saturated carbocycles. The number of benzene rings is 1. The van der Waals surface area contributed by atoms with Crippen molar-refractivity contribution in [3.8, 4) is 0 Å². The summed E-state index contributed by atoms with van der Waals surface area (Å²) in [4.78, 5) is 15.3. The Morgan fingerprint density at radius 1 is 1.37 bits per heavy atom. The average Bonchev–Trinajstić information content (AvgIpc) is 2.34. The van der Waals surface area contributed by atoms with Gasteiger partial charge in [0.05, 0.1) is 16.6 Å². The van der Waals surface area contributed by atoms with Crippen LogP contribution in [-0.2, 0) is 6.18 Å². The Kier molecular flexibility index (Phi) is 3.15. The molecule has 0 spiro atoms. The highest BCUT2D eigenvalue weighted by Crippen LogP contribution is 2.34. The maximum absolute atomic E-state index is 12.9. The number of fused-ring (bicyclic) bond motifs is 1. The van der Waals surface area contributed by atoms with Gasteiger partial charge in [-0.25, -0.2) is 5.48 Å². The molecular formula is C12H9F3N2O2. The molecule has 0 bridgehead atoms. The van der Waals surface area contributed by atoms with E-state index in [9.17, 15) is 18.0 Å². The summed E-state index contributed by atoms with van der Waals surface area (Å²) < 4.78 is 38.6. The Morgan fingerprint density at radius 2 is 2.05 bits per heavy atom. The number of nitrogens with zero attached hydrogens (tertiary/aromatic N) is 1. The van der Waals surface area contributed by atoms with Crippen molar-refractivity contribution >= 4 is 16.8 Å². The minimum Gasteiger partial charge on any atom is -0.288 e. The normalized spacial score (nSPS) is 11.6. The minimum atomic E-state index is -4.56. The van der Waals surface area contributed by atoms with Crippen LogP contribution in [0, 0.1) is 6.92 Å². The number of rotatable bonds is 1. The molecule has 2 aromatic rings.